The van der Waals surface area contributed by atoms with Crippen LogP contribution >= 0.6 is 11.8 Å². The van der Waals surface area contributed by atoms with E-state index in [2.05, 4.69) is 25.3 Å². The Morgan fingerprint density at radius 3 is 2.89 bits per heavy atom. The monoisotopic (exact) mass is 396 g/mol. The van der Waals surface area contributed by atoms with Gasteiger partial charge >= 0.3 is 0 Å². The Bertz CT molecular complexity index is 1100. The maximum atomic E-state index is 14.0. The molecule has 0 saturated heterocycles. The Kier molecular flexibility index (Phi) is 5.16. The van der Waals surface area contributed by atoms with Gasteiger partial charge in [0.05, 0.1) is 11.3 Å². The van der Waals surface area contributed by atoms with E-state index in [1.807, 2.05) is 30.5 Å². The van der Waals surface area contributed by atoms with Gasteiger partial charge in [-0.1, -0.05) is 28.5 Å². The first-order chi connectivity index (χ1) is 13.7. The van der Waals surface area contributed by atoms with Gasteiger partial charge in [-0.3, -0.25) is 4.98 Å². The van der Waals surface area contributed by atoms with E-state index < -0.39 is 0 Å². The standard InChI is InChI=1S/C19H17FN6OS/c1-3-26-17(13-5-4-8-21-10-13)23-24-19(26)28-11-16-22-18(27-25-16)14-9-12(2)6-7-15(14)20/h4-10H,3,11H2,1-2H3. The molecule has 9 heteroatoms. The van der Waals surface area contributed by atoms with Gasteiger partial charge in [0.15, 0.2) is 16.8 Å². The van der Waals surface area contributed by atoms with E-state index >= 15 is 0 Å². The lowest BCUT2D eigenvalue weighted by Crippen LogP contribution is -2.00. The highest BCUT2D eigenvalue weighted by atomic mass is 32.2. The third-order valence-electron chi connectivity index (χ3n) is 4.10. The smallest absolute Gasteiger partial charge is 0.260 e. The first-order valence-electron chi connectivity index (χ1n) is 8.71. The van der Waals surface area contributed by atoms with Crippen molar-refractivity contribution < 1.29 is 8.91 Å². The lowest BCUT2D eigenvalue weighted by Gasteiger charge is -2.06. The molecule has 3 aromatic heterocycles. The van der Waals surface area contributed by atoms with Gasteiger partial charge in [0.25, 0.3) is 5.89 Å². The summed E-state index contributed by atoms with van der Waals surface area (Å²) in [5.41, 5.74) is 2.13. The molecule has 4 aromatic rings. The average molecular weight is 396 g/mol. The van der Waals surface area contributed by atoms with Crippen molar-refractivity contribution in [2.75, 3.05) is 0 Å². The summed E-state index contributed by atoms with van der Waals surface area (Å²) in [5.74, 6) is 1.44. The summed E-state index contributed by atoms with van der Waals surface area (Å²) in [6.07, 6.45) is 3.48. The fourth-order valence-electron chi connectivity index (χ4n) is 2.74. The second-order valence-electron chi connectivity index (χ2n) is 6.08. The average Bonchev–Trinajstić information content (AvgIpc) is 3.35. The number of aromatic nitrogens is 6. The Labute approximate surface area is 165 Å². The predicted molar refractivity (Wildman–Crippen MR) is 103 cm³/mol. The molecule has 0 aliphatic rings. The van der Waals surface area contributed by atoms with Crippen LogP contribution in [0.4, 0.5) is 4.39 Å². The van der Waals surface area contributed by atoms with E-state index in [4.69, 9.17) is 4.52 Å². The Morgan fingerprint density at radius 1 is 1.21 bits per heavy atom. The van der Waals surface area contributed by atoms with E-state index in [-0.39, 0.29) is 11.7 Å². The molecule has 0 spiro atoms. The van der Waals surface area contributed by atoms with Crippen molar-refractivity contribution in [2.45, 2.75) is 31.3 Å². The lowest BCUT2D eigenvalue weighted by molar-refractivity contribution is 0.422. The van der Waals surface area contributed by atoms with E-state index in [9.17, 15) is 4.39 Å². The Balaban J connectivity index is 1.52. The van der Waals surface area contributed by atoms with Crippen molar-refractivity contribution in [1.82, 2.24) is 29.9 Å². The van der Waals surface area contributed by atoms with Crippen LogP contribution in [-0.2, 0) is 12.3 Å². The van der Waals surface area contributed by atoms with Crippen LogP contribution in [0.2, 0.25) is 0 Å². The minimum Gasteiger partial charge on any atom is -0.334 e. The molecule has 7 nitrogen and oxygen atoms in total. The molecule has 0 saturated carbocycles. The second kappa shape index (κ2) is 7.89. The van der Waals surface area contributed by atoms with Crippen molar-refractivity contribution in [3.63, 3.8) is 0 Å². The van der Waals surface area contributed by atoms with Crippen LogP contribution in [0.25, 0.3) is 22.8 Å². The molecule has 0 N–H and O–H groups in total. The molecule has 0 bridgehead atoms. The number of pyridine rings is 1. The molecule has 142 valence electrons. The van der Waals surface area contributed by atoms with Crippen molar-refractivity contribution in [2.24, 2.45) is 0 Å². The van der Waals surface area contributed by atoms with Gasteiger partial charge in [-0.25, -0.2) is 4.39 Å². The summed E-state index contributed by atoms with van der Waals surface area (Å²) < 4.78 is 21.3. The third kappa shape index (κ3) is 3.65. The molecule has 4 rings (SSSR count). The fraction of sp³-hybridized carbons (Fsp3) is 0.211. The summed E-state index contributed by atoms with van der Waals surface area (Å²) in [6, 6.07) is 8.59. The summed E-state index contributed by atoms with van der Waals surface area (Å²) in [7, 11) is 0. The summed E-state index contributed by atoms with van der Waals surface area (Å²) >= 11 is 1.45. The van der Waals surface area contributed by atoms with Gasteiger partial charge in [-0.15, -0.1) is 10.2 Å². The van der Waals surface area contributed by atoms with E-state index in [0.29, 0.717) is 23.7 Å². The largest absolute Gasteiger partial charge is 0.334 e. The van der Waals surface area contributed by atoms with Crippen molar-refractivity contribution in [1.29, 1.82) is 0 Å². The molecule has 28 heavy (non-hydrogen) atoms. The van der Waals surface area contributed by atoms with Gasteiger partial charge in [0, 0.05) is 24.5 Å². The van der Waals surface area contributed by atoms with Crippen LogP contribution in [0.5, 0.6) is 0 Å². The fourth-order valence-corrected chi connectivity index (χ4v) is 3.59. The minimum absolute atomic E-state index is 0.171. The third-order valence-corrected chi connectivity index (χ3v) is 5.07. The van der Waals surface area contributed by atoms with Gasteiger partial charge < -0.3 is 9.09 Å². The van der Waals surface area contributed by atoms with Crippen LogP contribution in [0.15, 0.2) is 52.4 Å². The number of rotatable bonds is 6. The SMILES string of the molecule is CCn1c(SCc2noc(-c3cc(C)ccc3F)n2)nnc1-c1cccnc1. The van der Waals surface area contributed by atoms with Gasteiger partial charge in [-0.05, 0) is 38.1 Å². The van der Waals surface area contributed by atoms with Crippen LogP contribution in [0.1, 0.15) is 18.3 Å². The Hall–Kier alpha value is -3.07. The predicted octanol–water partition coefficient (Wildman–Crippen LogP) is 4.15. The number of hydrogen-bond donors (Lipinski definition) is 0. The number of halogens is 1. The number of benzene rings is 1. The highest BCUT2D eigenvalue weighted by Gasteiger charge is 2.17. The zero-order chi connectivity index (χ0) is 19.5. The van der Waals surface area contributed by atoms with Crippen LogP contribution in [0, 0.1) is 12.7 Å². The van der Waals surface area contributed by atoms with Crippen molar-refractivity contribution in [3.8, 4) is 22.8 Å². The molecule has 0 atom stereocenters. The van der Waals surface area contributed by atoms with Crippen LogP contribution in [-0.4, -0.2) is 29.9 Å². The molecule has 0 radical (unpaired) electrons. The number of hydrogen-bond acceptors (Lipinski definition) is 7. The summed E-state index contributed by atoms with van der Waals surface area (Å²) in [4.78, 5) is 8.45. The molecular formula is C19H17FN6OS. The van der Waals surface area contributed by atoms with Gasteiger partial charge in [0.1, 0.15) is 5.82 Å². The molecule has 0 aliphatic heterocycles. The first-order valence-corrected chi connectivity index (χ1v) is 9.69. The molecule has 1 aromatic carbocycles. The topological polar surface area (TPSA) is 82.5 Å². The van der Waals surface area contributed by atoms with Crippen LogP contribution < -0.4 is 0 Å². The first kappa shape index (κ1) is 18.3. The zero-order valence-electron chi connectivity index (χ0n) is 15.3. The molecule has 0 aliphatic carbocycles. The molecular weight excluding hydrogens is 379 g/mol. The summed E-state index contributed by atoms with van der Waals surface area (Å²) in [5, 5.41) is 13.3. The lowest BCUT2D eigenvalue weighted by atomic mass is 10.1. The molecule has 3 heterocycles. The van der Waals surface area contributed by atoms with Gasteiger partial charge in [0.2, 0.25) is 0 Å². The van der Waals surface area contributed by atoms with Crippen LogP contribution in [0.3, 0.4) is 0 Å². The maximum absolute atomic E-state index is 14.0. The second-order valence-corrected chi connectivity index (χ2v) is 7.02. The van der Waals surface area contributed by atoms with E-state index in [0.717, 1.165) is 22.1 Å². The highest BCUT2D eigenvalue weighted by Crippen LogP contribution is 2.27. The maximum Gasteiger partial charge on any atom is 0.260 e. The van der Waals surface area contributed by atoms with Gasteiger partial charge in [-0.2, -0.15) is 4.98 Å². The number of nitrogens with zero attached hydrogens (tertiary/aromatic N) is 6. The number of thioether (sulfide) groups is 1. The molecule has 0 unspecified atom stereocenters. The van der Waals surface area contributed by atoms with Crippen molar-refractivity contribution in [3.05, 3.63) is 59.9 Å². The zero-order valence-corrected chi connectivity index (χ0v) is 16.1. The highest BCUT2D eigenvalue weighted by molar-refractivity contribution is 7.98. The normalized spacial score (nSPS) is 11.1. The minimum atomic E-state index is -0.389. The number of aryl methyl sites for hydroxylation is 1. The molecule has 0 fully saturated rings. The quantitative estimate of drug-likeness (QED) is 0.453. The Morgan fingerprint density at radius 2 is 2.11 bits per heavy atom. The van der Waals surface area contributed by atoms with E-state index in [1.54, 1.807) is 24.5 Å². The van der Waals surface area contributed by atoms with Crippen molar-refractivity contribution >= 4 is 11.8 Å². The summed E-state index contributed by atoms with van der Waals surface area (Å²) in [6.45, 7) is 4.62. The molecule has 0 amide bonds. The van der Waals surface area contributed by atoms with E-state index in [1.165, 1.54) is 17.8 Å².